The Morgan fingerprint density at radius 1 is 1.42 bits per heavy atom. The van der Waals surface area contributed by atoms with E-state index in [1.165, 1.54) is 18.3 Å². The van der Waals surface area contributed by atoms with Crippen molar-refractivity contribution < 1.29 is 18.4 Å². The van der Waals surface area contributed by atoms with E-state index in [0.717, 1.165) is 10.9 Å². The first-order chi connectivity index (χ1) is 8.91. The van der Waals surface area contributed by atoms with Crippen LogP contribution in [0, 0.1) is 0 Å². The highest BCUT2D eigenvalue weighted by Gasteiger charge is 2.32. The van der Waals surface area contributed by atoms with E-state index in [9.17, 15) is 13.2 Å². The van der Waals surface area contributed by atoms with Gasteiger partial charge in [0.15, 0.2) is 5.84 Å². The zero-order valence-electron chi connectivity index (χ0n) is 9.33. The molecule has 0 bridgehead atoms. The van der Waals surface area contributed by atoms with Gasteiger partial charge in [0.2, 0.25) is 0 Å². The molecule has 0 saturated heterocycles. The van der Waals surface area contributed by atoms with Crippen LogP contribution < -0.4 is 5.73 Å². The van der Waals surface area contributed by atoms with Crippen molar-refractivity contribution in [3.63, 3.8) is 0 Å². The van der Waals surface area contributed by atoms with Gasteiger partial charge in [-0.3, -0.25) is 4.98 Å². The molecular formula is C10H8F3N5O. The van der Waals surface area contributed by atoms with E-state index in [2.05, 4.69) is 15.2 Å². The number of aromatic nitrogens is 3. The largest absolute Gasteiger partial charge is 0.419 e. The molecule has 9 heteroatoms. The maximum Gasteiger partial charge on any atom is 0.419 e. The molecule has 0 amide bonds. The summed E-state index contributed by atoms with van der Waals surface area (Å²) in [6.45, 7) is 0. The number of pyridine rings is 1. The van der Waals surface area contributed by atoms with Crippen LogP contribution >= 0.6 is 0 Å². The van der Waals surface area contributed by atoms with Crippen molar-refractivity contribution in [2.24, 2.45) is 10.9 Å². The van der Waals surface area contributed by atoms with Gasteiger partial charge in [-0.15, -0.1) is 0 Å². The van der Waals surface area contributed by atoms with Crippen LogP contribution in [0.15, 0.2) is 35.9 Å². The molecule has 6 nitrogen and oxygen atoms in total. The van der Waals surface area contributed by atoms with E-state index in [-0.39, 0.29) is 11.5 Å². The number of nitrogens with zero attached hydrogens (tertiary/aromatic N) is 4. The summed E-state index contributed by atoms with van der Waals surface area (Å²) in [7, 11) is 0. The van der Waals surface area contributed by atoms with Crippen LogP contribution in [0.3, 0.4) is 0 Å². The van der Waals surface area contributed by atoms with Gasteiger partial charge < -0.3 is 10.9 Å². The summed E-state index contributed by atoms with van der Waals surface area (Å²) in [5.41, 5.74) is 4.92. The highest BCUT2D eigenvalue weighted by atomic mass is 19.4. The highest BCUT2D eigenvalue weighted by molar-refractivity contribution is 5.95. The quantitative estimate of drug-likeness (QED) is 0.374. The van der Waals surface area contributed by atoms with Crippen molar-refractivity contribution in [3.05, 3.63) is 42.0 Å². The van der Waals surface area contributed by atoms with Gasteiger partial charge in [0.05, 0.1) is 17.4 Å². The molecule has 100 valence electrons. The van der Waals surface area contributed by atoms with Crippen LogP contribution in [-0.2, 0) is 6.18 Å². The first-order valence-corrected chi connectivity index (χ1v) is 4.98. The van der Waals surface area contributed by atoms with Crippen molar-refractivity contribution >= 4 is 5.84 Å². The first kappa shape index (κ1) is 12.9. The van der Waals surface area contributed by atoms with Crippen molar-refractivity contribution in [1.82, 2.24) is 14.8 Å². The maximum atomic E-state index is 12.4. The minimum Gasteiger partial charge on any atom is -0.409 e. The van der Waals surface area contributed by atoms with E-state index in [0.29, 0.717) is 11.9 Å². The smallest absolute Gasteiger partial charge is 0.409 e. The molecule has 2 heterocycles. The molecule has 0 atom stereocenters. The van der Waals surface area contributed by atoms with Crippen LogP contribution in [0.5, 0.6) is 0 Å². The Labute approximate surface area is 105 Å². The fraction of sp³-hybridized carbons (Fsp3) is 0.100. The number of rotatable bonds is 2. The number of hydrogen-bond acceptors (Lipinski definition) is 4. The number of amidine groups is 1. The lowest BCUT2D eigenvalue weighted by molar-refractivity contribution is -0.137. The van der Waals surface area contributed by atoms with Crippen molar-refractivity contribution in [3.8, 4) is 5.69 Å². The molecule has 0 saturated carbocycles. The molecule has 0 spiro atoms. The summed E-state index contributed by atoms with van der Waals surface area (Å²) in [5, 5.41) is 14.9. The number of nitrogens with two attached hydrogens (primary N) is 1. The molecule has 0 unspecified atom stereocenters. The third kappa shape index (κ3) is 2.64. The number of hydrogen-bond donors (Lipinski definition) is 2. The van der Waals surface area contributed by atoms with Crippen LogP contribution in [0.4, 0.5) is 13.2 Å². The van der Waals surface area contributed by atoms with Gasteiger partial charge in [-0.05, 0) is 12.1 Å². The fourth-order valence-electron chi connectivity index (χ4n) is 1.36. The van der Waals surface area contributed by atoms with E-state index in [1.807, 2.05) is 0 Å². The third-order valence-electron chi connectivity index (χ3n) is 2.29. The fourth-order valence-corrected chi connectivity index (χ4v) is 1.36. The molecule has 0 fully saturated rings. The lowest BCUT2D eigenvalue weighted by atomic mass is 10.3. The second-order valence-electron chi connectivity index (χ2n) is 3.56. The molecule has 3 N–H and O–H groups in total. The minimum atomic E-state index is -4.46. The average molecular weight is 271 g/mol. The third-order valence-corrected chi connectivity index (χ3v) is 2.29. The summed E-state index contributed by atoms with van der Waals surface area (Å²) in [4.78, 5) is 3.81. The van der Waals surface area contributed by atoms with Crippen LogP contribution in [0.25, 0.3) is 5.69 Å². The summed E-state index contributed by atoms with van der Waals surface area (Å²) in [6, 6.07) is 2.80. The van der Waals surface area contributed by atoms with E-state index < -0.39 is 11.7 Å². The Morgan fingerprint density at radius 3 is 2.74 bits per heavy atom. The zero-order chi connectivity index (χ0) is 14.0. The Bertz CT molecular complexity index is 620. The molecule has 19 heavy (non-hydrogen) atoms. The van der Waals surface area contributed by atoms with Crippen LogP contribution in [0.2, 0.25) is 0 Å². The van der Waals surface area contributed by atoms with Gasteiger partial charge in [0.1, 0.15) is 5.69 Å². The van der Waals surface area contributed by atoms with E-state index in [1.54, 1.807) is 0 Å². The van der Waals surface area contributed by atoms with Gasteiger partial charge in [-0.1, -0.05) is 5.16 Å². The second kappa shape index (κ2) is 4.59. The summed E-state index contributed by atoms with van der Waals surface area (Å²) < 4.78 is 38.3. The zero-order valence-corrected chi connectivity index (χ0v) is 9.33. The van der Waals surface area contributed by atoms with Gasteiger partial charge in [-0.25, -0.2) is 4.68 Å². The first-order valence-electron chi connectivity index (χ1n) is 4.98. The number of oxime groups is 1. The van der Waals surface area contributed by atoms with Crippen molar-refractivity contribution in [2.75, 3.05) is 0 Å². The standard InChI is InChI=1S/C10H8F3N5O/c11-10(12,13)6-4-16-18(5-6)7-1-2-15-8(3-7)9(14)17-19/h1-5,19H,(H2,14,17). The molecule has 0 aliphatic rings. The lowest BCUT2D eigenvalue weighted by Gasteiger charge is -2.04. The Morgan fingerprint density at radius 2 is 2.16 bits per heavy atom. The average Bonchev–Trinajstić information content (AvgIpc) is 2.87. The molecule has 2 aromatic rings. The monoisotopic (exact) mass is 271 g/mol. The van der Waals surface area contributed by atoms with E-state index in [4.69, 9.17) is 10.9 Å². The Kier molecular flexibility index (Phi) is 3.11. The SMILES string of the molecule is NC(=NO)c1cc(-n2cc(C(F)(F)F)cn2)ccn1. The summed E-state index contributed by atoms with van der Waals surface area (Å²) in [6.07, 6.45) is -1.59. The predicted octanol–water partition coefficient (Wildman–Crippen LogP) is 1.38. The molecule has 0 aromatic carbocycles. The number of alkyl halides is 3. The van der Waals surface area contributed by atoms with Crippen LogP contribution in [-0.4, -0.2) is 25.8 Å². The van der Waals surface area contributed by atoms with Gasteiger partial charge >= 0.3 is 6.18 Å². The van der Waals surface area contributed by atoms with Gasteiger partial charge in [0.25, 0.3) is 0 Å². The molecule has 2 aromatic heterocycles. The lowest BCUT2D eigenvalue weighted by Crippen LogP contribution is -2.15. The normalized spacial score (nSPS) is 12.7. The van der Waals surface area contributed by atoms with Crippen molar-refractivity contribution in [1.29, 1.82) is 0 Å². The summed E-state index contributed by atoms with van der Waals surface area (Å²) >= 11 is 0. The van der Waals surface area contributed by atoms with Crippen molar-refractivity contribution in [2.45, 2.75) is 6.18 Å². The van der Waals surface area contributed by atoms with Gasteiger partial charge in [0, 0.05) is 12.4 Å². The molecule has 0 aliphatic carbocycles. The highest BCUT2D eigenvalue weighted by Crippen LogP contribution is 2.29. The Hall–Kier alpha value is -2.58. The molecule has 0 radical (unpaired) electrons. The summed E-state index contributed by atoms with van der Waals surface area (Å²) in [5.74, 6) is -0.245. The van der Waals surface area contributed by atoms with E-state index >= 15 is 0 Å². The topological polar surface area (TPSA) is 89.3 Å². The maximum absolute atomic E-state index is 12.4. The predicted molar refractivity (Wildman–Crippen MR) is 58.9 cm³/mol. The van der Waals surface area contributed by atoms with Crippen LogP contribution in [0.1, 0.15) is 11.3 Å². The molecule has 0 aliphatic heterocycles. The second-order valence-corrected chi connectivity index (χ2v) is 3.56. The van der Waals surface area contributed by atoms with Gasteiger partial charge in [-0.2, -0.15) is 18.3 Å². The number of halogens is 3. The minimum absolute atomic E-state index is 0.129. The molecular weight excluding hydrogens is 263 g/mol. The molecule has 2 rings (SSSR count). The Balaban J connectivity index is 2.40.